The second kappa shape index (κ2) is 9.41. The highest BCUT2D eigenvalue weighted by atomic mass is 32.2. The van der Waals surface area contributed by atoms with Crippen molar-refractivity contribution in [1.29, 1.82) is 0 Å². The average molecular weight is 451 g/mol. The van der Waals surface area contributed by atoms with Crippen LogP contribution < -0.4 is 15.0 Å². The van der Waals surface area contributed by atoms with E-state index >= 15 is 0 Å². The molecule has 2 aromatic rings. The van der Waals surface area contributed by atoms with Crippen molar-refractivity contribution in [3.8, 4) is 5.75 Å². The Labute approximate surface area is 194 Å². The summed E-state index contributed by atoms with van der Waals surface area (Å²) in [6.45, 7) is 4.48. The van der Waals surface area contributed by atoms with E-state index in [2.05, 4.69) is 19.2 Å². The molecular formula is C26H30N2O3S. The molecule has 0 aromatic heterocycles. The van der Waals surface area contributed by atoms with Crippen LogP contribution in [0.2, 0.25) is 0 Å². The van der Waals surface area contributed by atoms with Gasteiger partial charge in [0, 0.05) is 23.5 Å². The quantitative estimate of drug-likeness (QED) is 0.637. The van der Waals surface area contributed by atoms with Crippen LogP contribution in [0.1, 0.15) is 49.0 Å². The lowest BCUT2D eigenvalue weighted by Gasteiger charge is -2.34. The van der Waals surface area contributed by atoms with Crippen LogP contribution in [0.15, 0.2) is 52.3 Å². The van der Waals surface area contributed by atoms with Crippen LogP contribution in [-0.4, -0.2) is 32.0 Å². The van der Waals surface area contributed by atoms with E-state index in [1.54, 1.807) is 19.1 Å². The number of hydrogen-bond acceptors (Lipinski definition) is 4. The zero-order chi connectivity index (χ0) is 22.8. The van der Waals surface area contributed by atoms with Gasteiger partial charge in [0.2, 0.25) is 0 Å². The number of nitrogens with one attached hydrogen (secondary N) is 1. The summed E-state index contributed by atoms with van der Waals surface area (Å²) < 4.78 is 5.28. The summed E-state index contributed by atoms with van der Waals surface area (Å²) in [6, 6.07) is 13.4. The summed E-state index contributed by atoms with van der Waals surface area (Å²) in [5.41, 5.74) is 2.26. The molecule has 3 atom stereocenters. The Morgan fingerprint density at radius 2 is 2.00 bits per heavy atom. The van der Waals surface area contributed by atoms with Gasteiger partial charge in [0.25, 0.3) is 11.8 Å². The average Bonchev–Trinajstić information content (AvgIpc) is 2.80. The van der Waals surface area contributed by atoms with Gasteiger partial charge in [-0.25, -0.2) is 0 Å². The Balaban J connectivity index is 1.55. The van der Waals surface area contributed by atoms with Crippen LogP contribution in [0, 0.1) is 11.8 Å². The van der Waals surface area contributed by atoms with Gasteiger partial charge in [-0.1, -0.05) is 50.6 Å². The number of thioether (sulfide) groups is 1. The zero-order valence-corrected chi connectivity index (χ0v) is 19.9. The number of hydrogen-bond donors (Lipinski definition) is 1. The third-order valence-corrected chi connectivity index (χ3v) is 7.81. The first kappa shape index (κ1) is 22.5. The van der Waals surface area contributed by atoms with Crippen molar-refractivity contribution in [2.24, 2.45) is 11.8 Å². The van der Waals surface area contributed by atoms with Crippen LogP contribution in [-0.2, 0) is 4.79 Å². The third-order valence-electron chi connectivity index (χ3n) is 6.73. The summed E-state index contributed by atoms with van der Waals surface area (Å²) in [6.07, 6.45) is 5.27. The second-order valence-corrected chi connectivity index (χ2v) is 9.86. The van der Waals surface area contributed by atoms with Gasteiger partial charge in [-0.15, -0.1) is 0 Å². The summed E-state index contributed by atoms with van der Waals surface area (Å²) in [5.74, 6) is 1.68. The van der Waals surface area contributed by atoms with Crippen LogP contribution in [0.3, 0.4) is 0 Å². The van der Waals surface area contributed by atoms with Crippen molar-refractivity contribution in [2.45, 2.75) is 44.0 Å². The van der Waals surface area contributed by atoms with E-state index in [0.29, 0.717) is 22.3 Å². The standard InChI is InChI=1S/C26H30N2O3S/c1-16-7-5-10-21(17(16)2)27-25(29)19-11-12-23-22(15-19)28(3)26(30)24(32-23)14-18-8-6-9-20(13-18)31-4/h6,8-9,11-17,21H,5,7,10H2,1-4H3,(H,27,29)/b24-14-/t16-,17+,21+/m0/s1. The number of nitrogens with zero attached hydrogens (tertiary/aromatic N) is 1. The third kappa shape index (κ3) is 4.56. The van der Waals surface area contributed by atoms with Gasteiger partial charge in [0.1, 0.15) is 5.75 Å². The molecule has 0 radical (unpaired) electrons. The minimum absolute atomic E-state index is 0.0673. The van der Waals surface area contributed by atoms with Crippen LogP contribution in [0.4, 0.5) is 5.69 Å². The predicted octanol–water partition coefficient (Wildman–Crippen LogP) is 5.36. The molecule has 5 nitrogen and oxygen atoms in total. The Hall–Kier alpha value is -2.73. The van der Waals surface area contributed by atoms with Crippen molar-refractivity contribution >= 4 is 35.3 Å². The molecule has 1 heterocycles. The van der Waals surface area contributed by atoms with Crippen molar-refractivity contribution in [1.82, 2.24) is 5.32 Å². The molecule has 1 aliphatic heterocycles. The summed E-state index contributed by atoms with van der Waals surface area (Å²) in [5, 5.41) is 3.23. The smallest absolute Gasteiger partial charge is 0.264 e. The molecule has 1 fully saturated rings. The fourth-order valence-corrected chi connectivity index (χ4v) is 5.55. The van der Waals surface area contributed by atoms with Crippen LogP contribution in [0.25, 0.3) is 6.08 Å². The molecule has 2 aromatic carbocycles. The van der Waals surface area contributed by atoms with E-state index < -0.39 is 0 Å². The number of methoxy groups -OCH3 is 1. The lowest BCUT2D eigenvalue weighted by Crippen LogP contribution is -2.43. The number of likely N-dealkylation sites (N-methyl/N-ethyl adjacent to an activating group) is 1. The SMILES string of the molecule is COc1cccc(/C=C2\Sc3ccc(C(=O)N[C@@H]4CCC[C@H](C)[C@H]4C)cc3N(C)C2=O)c1. The normalized spacial score (nSPS) is 24.2. The van der Waals surface area contributed by atoms with Gasteiger partial charge in [-0.2, -0.15) is 0 Å². The van der Waals surface area contributed by atoms with Crippen molar-refractivity contribution in [3.63, 3.8) is 0 Å². The first-order chi connectivity index (χ1) is 15.4. The highest BCUT2D eigenvalue weighted by Crippen LogP contribution is 2.42. The molecule has 6 heteroatoms. The summed E-state index contributed by atoms with van der Waals surface area (Å²) >= 11 is 1.43. The topological polar surface area (TPSA) is 58.6 Å². The lowest BCUT2D eigenvalue weighted by molar-refractivity contribution is -0.114. The minimum atomic E-state index is -0.0856. The maximum Gasteiger partial charge on any atom is 0.264 e. The van der Waals surface area contributed by atoms with E-state index in [0.717, 1.165) is 34.7 Å². The number of anilines is 1. The van der Waals surface area contributed by atoms with Gasteiger partial charge in [0.15, 0.2) is 0 Å². The largest absolute Gasteiger partial charge is 0.497 e. The van der Waals surface area contributed by atoms with E-state index in [9.17, 15) is 9.59 Å². The Morgan fingerprint density at radius 3 is 2.78 bits per heavy atom. The monoisotopic (exact) mass is 450 g/mol. The van der Waals surface area contributed by atoms with Crippen molar-refractivity contribution < 1.29 is 14.3 Å². The number of amides is 2. The molecule has 1 aliphatic carbocycles. The fraction of sp³-hybridized carbons (Fsp3) is 0.385. The number of carbonyl (C=O) groups excluding carboxylic acids is 2. The molecule has 2 amide bonds. The van der Waals surface area contributed by atoms with E-state index in [-0.39, 0.29) is 17.9 Å². The fourth-order valence-electron chi connectivity index (χ4n) is 4.46. The molecule has 0 bridgehead atoms. The van der Waals surface area contributed by atoms with E-state index in [4.69, 9.17) is 4.74 Å². The molecule has 32 heavy (non-hydrogen) atoms. The van der Waals surface area contributed by atoms with Crippen LogP contribution in [0.5, 0.6) is 5.75 Å². The highest BCUT2D eigenvalue weighted by molar-refractivity contribution is 8.04. The lowest BCUT2D eigenvalue weighted by atomic mass is 9.78. The van der Waals surface area contributed by atoms with E-state index in [1.807, 2.05) is 48.5 Å². The highest BCUT2D eigenvalue weighted by Gasteiger charge is 2.30. The predicted molar refractivity (Wildman–Crippen MR) is 130 cm³/mol. The van der Waals surface area contributed by atoms with Crippen molar-refractivity contribution in [2.75, 3.05) is 19.1 Å². The van der Waals surface area contributed by atoms with Gasteiger partial charge < -0.3 is 15.0 Å². The number of fused-ring (bicyclic) bond motifs is 1. The van der Waals surface area contributed by atoms with Gasteiger partial charge in [0.05, 0.1) is 17.7 Å². The maximum absolute atomic E-state index is 13.0. The summed E-state index contributed by atoms with van der Waals surface area (Å²) in [4.78, 5) is 29.2. The van der Waals surface area contributed by atoms with Crippen molar-refractivity contribution in [3.05, 3.63) is 58.5 Å². The Kier molecular flexibility index (Phi) is 6.60. The first-order valence-electron chi connectivity index (χ1n) is 11.1. The van der Waals surface area contributed by atoms with E-state index in [1.165, 1.54) is 18.2 Å². The zero-order valence-electron chi connectivity index (χ0n) is 19.1. The molecule has 168 valence electrons. The molecule has 0 spiro atoms. The molecule has 0 unspecified atom stereocenters. The van der Waals surface area contributed by atoms with Gasteiger partial charge in [-0.3, -0.25) is 9.59 Å². The number of benzene rings is 2. The molecular weight excluding hydrogens is 420 g/mol. The molecule has 1 N–H and O–H groups in total. The van der Waals surface area contributed by atoms with Crippen LogP contribution >= 0.6 is 11.8 Å². The number of ether oxygens (including phenoxy) is 1. The Morgan fingerprint density at radius 1 is 1.19 bits per heavy atom. The van der Waals surface area contributed by atoms with Gasteiger partial charge in [-0.05, 0) is 60.2 Å². The molecule has 0 saturated heterocycles. The number of rotatable bonds is 4. The first-order valence-corrected chi connectivity index (χ1v) is 12.0. The molecule has 2 aliphatic rings. The maximum atomic E-state index is 13.0. The minimum Gasteiger partial charge on any atom is -0.497 e. The summed E-state index contributed by atoms with van der Waals surface area (Å²) in [7, 11) is 3.38. The molecule has 1 saturated carbocycles. The Bertz CT molecular complexity index is 1060. The second-order valence-electron chi connectivity index (χ2n) is 8.78. The number of carbonyl (C=O) groups is 2. The molecule has 4 rings (SSSR count). The van der Waals surface area contributed by atoms with Gasteiger partial charge >= 0.3 is 0 Å².